The Morgan fingerprint density at radius 3 is 2.52 bits per heavy atom. The molecule has 0 bridgehead atoms. The number of nitrogens with one attached hydrogen (secondary N) is 2. The summed E-state index contributed by atoms with van der Waals surface area (Å²) in [4.78, 5) is 31.7. The van der Waals surface area contributed by atoms with E-state index in [9.17, 15) is 14.0 Å². The summed E-state index contributed by atoms with van der Waals surface area (Å²) in [6.45, 7) is 0. The van der Waals surface area contributed by atoms with Crippen LogP contribution in [0.25, 0.3) is 0 Å². The zero-order chi connectivity index (χ0) is 22.0. The van der Waals surface area contributed by atoms with Gasteiger partial charge in [0, 0.05) is 23.9 Å². The van der Waals surface area contributed by atoms with Gasteiger partial charge >= 0.3 is 6.03 Å². The summed E-state index contributed by atoms with van der Waals surface area (Å²) in [5, 5.41) is 5.02. The predicted octanol–water partition coefficient (Wildman–Crippen LogP) is 4.44. The monoisotopic (exact) mass is 436 g/mol. The minimum atomic E-state index is -1.16. The van der Waals surface area contributed by atoms with Gasteiger partial charge in [-0.25, -0.2) is 14.2 Å². The van der Waals surface area contributed by atoms with Crippen molar-refractivity contribution in [3.63, 3.8) is 0 Å². The maximum absolute atomic E-state index is 13.4. The summed E-state index contributed by atoms with van der Waals surface area (Å²) < 4.78 is 13.4. The van der Waals surface area contributed by atoms with Crippen LogP contribution in [0.4, 0.5) is 20.6 Å². The first-order chi connectivity index (χ1) is 14.9. The number of fused-ring (bicyclic) bond motifs is 1. The normalized spacial score (nSPS) is 15.6. The van der Waals surface area contributed by atoms with Crippen LogP contribution < -0.4 is 15.5 Å². The smallest absolute Gasteiger partial charge is 0.311 e. The first-order valence-electron chi connectivity index (χ1n) is 9.47. The molecular formula is C23H18ClFN4O2. The third-order valence-corrected chi connectivity index (χ3v) is 5.13. The van der Waals surface area contributed by atoms with Gasteiger partial charge in [-0.05, 0) is 24.3 Å². The summed E-state index contributed by atoms with van der Waals surface area (Å²) in [6.07, 6.45) is -1.16. The highest BCUT2D eigenvalue weighted by atomic mass is 35.5. The van der Waals surface area contributed by atoms with Gasteiger partial charge < -0.3 is 15.5 Å². The van der Waals surface area contributed by atoms with Gasteiger partial charge in [0.1, 0.15) is 5.82 Å². The summed E-state index contributed by atoms with van der Waals surface area (Å²) in [5.41, 5.74) is 3.15. The van der Waals surface area contributed by atoms with Gasteiger partial charge in [-0.3, -0.25) is 4.79 Å². The number of carbonyl (C=O) groups is 2. The van der Waals surface area contributed by atoms with Gasteiger partial charge in [0.25, 0.3) is 5.91 Å². The molecule has 0 aromatic heterocycles. The minimum absolute atomic E-state index is 0.122. The highest BCUT2D eigenvalue weighted by Crippen LogP contribution is 2.27. The van der Waals surface area contributed by atoms with Crippen molar-refractivity contribution in [1.29, 1.82) is 0 Å². The fourth-order valence-corrected chi connectivity index (χ4v) is 3.49. The van der Waals surface area contributed by atoms with Crippen LogP contribution >= 0.6 is 11.6 Å². The molecule has 3 aromatic carbocycles. The molecule has 0 fully saturated rings. The molecule has 0 spiro atoms. The van der Waals surface area contributed by atoms with E-state index in [0.29, 0.717) is 11.4 Å². The third kappa shape index (κ3) is 4.27. The molecule has 2 N–H and O–H groups in total. The van der Waals surface area contributed by atoms with Gasteiger partial charge in [-0.15, -0.1) is 0 Å². The van der Waals surface area contributed by atoms with E-state index in [1.807, 2.05) is 54.6 Å². The fraction of sp³-hybridized carbons (Fsp3) is 0.0870. The average molecular weight is 437 g/mol. The summed E-state index contributed by atoms with van der Waals surface area (Å²) in [7, 11) is 1.64. The number of para-hydroxylation sites is 1. The van der Waals surface area contributed by atoms with Crippen LogP contribution in [0, 0.1) is 5.82 Å². The number of likely N-dealkylation sites (N-methyl/N-ethyl adjacent to an activating group) is 1. The lowest BCUT2D eigenvalue weighted by molar-refractivity contribution is -0.119. The first kappa shape index (κ1) is 20.6. The van der Waals surface area contributed by atoms with Crippen LogP contribution in [0.2, 0.25) is 5.02 Å². The summed E-state index contributed by atoms with van der Waals surface area (Å²) in [5.74, 6) is -0.992. The third-order valence-electron chi connectivity index (χ3n) is 4.84. The average Bonchev–Trinajstić information content (AvgIpc) is 2.88. The Bertz CT molecular complexity index is 1180. The molecule has 0 unspecified atom stereocenters. The van der Waals surface area contributed by atoms with E-state index in [1.165, 1.54) is 17.0 Å². The van der Waals surface area contributed by atoms with Crippen molar-refractivity contribution in [2.45, 2.75) is 6.17 Å². The molecule has 1 atom stereocenters. The van der Waals surface area contributed by atoms with Crippen molar-refractivity contribution >= 4 is 40.6 Å². The second kappa shape index (κ2) is 8.57. The van der Waals surface area contributed by atoms with Crippen molar-refractivity contribution in [1.82, 2.24) is 5.32 Å². The highest BCUT2D eigenvalue weighted by Gasteiger charge is 2.30. The second-order valence-corrected chi connectivity index (χ2v) is 7.30. The molecule has 0 radical (unpaired) electrons. The second-order valence-electron chi connectivity index (χ2n) is 6.89. The van der Waals surface area contributed by atoms with Crippen molar-refractivity contribution in [3.8, 4) is 0 Å². The number of benzene rings is 3. The highest BCUT2D eigenvalue weighted by molar-refractivity contribution is 6.31. The van der Waals surface area contributed by atoms with Gasteiger partial charge in [0.2, 0.25) is 6.17 Å². The van der Waals surface area contributed by atoms with Crippen LogP contribution in [-0.2, 0) is 4.79 Å². The zero-order valence-corrected chi connectivity index (χ0v) is 17.2. The quantitative estimate of drug-likeness (QED) is 0.637. The van der Waals surface area contributed by atoms with E-state index in [0.717, 1.165) is 17.2 Å². The molecule has 0 saturated heterocycles. The molecule has 0 saturated carbocycles. The van der Waals surface area contributed by atoms with Crippen molar-refractivity contribution in [2.75, 3.05) is 17.3 Å². The molecule has 1 aliphatic heterocycles. The van der Waals surface area contributed by atoms with Gasteiger partial charge in [0.05, 0.1) is 16.4 Å². The van der Waals surface area contributed by atoms with Crippen molar-refractivity contribution < 1.29 is 14.0 Å². The first-order valence-corrected chi connectivity index (χ1v) is 9.84. The number of hydrogen-bond donors (Lipinski definition) is 2. The molecule has 6 nitrogen and oxygen atoms in total. The standard InChI is InChI=1S/C23H18ClFN4O2/c1-29-19-10-6-5-9-16(19)20(14-7-3-2-4-8-14)27-21(22(29)30)28-23(31)26-15-11-12-18(25)17(24)13-15/h2-13,21H,1H3,(H2,26,28,31)/t21-/m1/s1. The van der Waals surface area contributed by atoms with Crippen LogP contribution in [-0.4, -0.2) is 30.9 Å². The Balaban J connectivity index is 1.67. The molecule has 1 heterocycles. The van der Waals surface area contributed by atoms with E-state index in [4.69, 9.17) is 11.6 Å². The Hall–Kier alpha value is -3.71. The molecule has 3 amide bonds. The fourth-order valence-electron chi connectivity index (χ4n) is 3.31. The van der Waals surface area contributed by atoms with Crippen LogP contribution in [0.5, 0.6) is 0 Å². The number of halogens is 2. The number of hydrogen-bond acceptors (Lipinski definition) is 3. The number of nitrogens with zero attached hydrogens (tertiary/aromatic N) is 2. The maximum atomic E-state index is 13.4. The topological polar surface area (TPSA) is 73.8 Å². The molecule has 8 heteroatoms. The van der Waals surface area contributed by atoms with Gasteiger partial charge in [-0.1, -0.05) is 60.1 Å². The molecular weight excluding hydrogens is 419 g/mol. The number of benzodiazepines with no additional fused rings is 1. The lowest BCUT2D eigenvalue weighted by atomic mass is 10.0. The molecule has 156 valence electrons. The maximum Gasteiger partial charge on any atom is 0.321 e. The molecule has 4 rings (SSSR count). The van der Waals surface area contributed by atoms with E-state index in [1.54, 1.807) is 7.05 Å². The number of amides is 3. The van der Waals surface area contributed by atoms with Gasteiger partial charge in [0.15, 0.2) is 0 Å². The van der Waals surface area contributed by atoms with Crippen LogP contribution in [0.3, 0.4) is 0 Å². The van der Waals surface area contributed by atoms with Crippen LogP contribution in [0.1, 0.15) is 11.1 Å². The Morgan fingerprint density at radius 2 is 1.77 bits per heavy atom. The van der Waals surface area contributed by atoms with Crippen molar-refractivity contribution in [3.05, 3.63) is 94.8 Å². The molecule has 31 heavy (non-hydrogen) atoms. The number of carbonyl (C=O) groups excluding carboxylic acids is 2. The molecule has 3 aromatic rings. The lowest BCUT2D eigenvalue weighted by Crippen LogP contribution is -2.47. The zero-order valence-electron chi connectivity index (χ0n) is 16.5. The van der Waals surface area contributed by atoms with E-state index >= 15 is 0 Å². The van der Waals surface area contributed by atoms with Crippen molar-refractivity contribution in [2.24, 2.45) is 4.99 Å². The van der Waals surface area contributed by atoms with E-state index < -0.39 is 23.9 Å². The Kier molecular flexibility index (Phi) is 5.68. The summed E-state index contributed by atoms with van der Waals surface area (Å²) >= 11 is 5.76. The number of aliphatic imine (C=N–C) groups is 1. The Labute approximate surface area is 183 Å². The van der Waals surface area contributed by atoms with E-state index in [-0.39, 0.29) is 10.7 Å². The lowest BCUT2D eigenvalue weighted by Gasteiger charge is -2.21. The number of rotatable bonds is 3. The predicted molar refractivity (Wildman–Crippen MR) is 119 cm³/mol. The number of urea groups is 1. The molecule has 0 aliphatic carbocycles. The molecule has 1 aliphatic rings. The minimum Gasteiger partial charge on any atom is -0.311 e. The largest absolute Gasteiger partial charge is 0.321 e. The SMILES string of the molecule is CN1C(=O)[C@@H](NC(=O)Nc2ccc(F)c(Cl)c2)N=C(c2ccccc2)c2ccccc21. The van der Waals surface area contributed by atoms with E-state index in [2.05, 4.69) is 15.6 Å². The Morgan fingerprint density at radius 1 is 1.06 bits per heavy atom. The van der Waals surface area contributed by atoms with Gasteiger partial charge in [-0.2, -0.15) is 0 Å². The number of anilines is 2. The van der Waals surface area contributed by atoms with Crippen LogP contribution in [0.15, 0.2) is 77.8 Å². The summed E-state index contributed by atoms with van der Waals surface area (Å²) in [6, 6.07) is 20.0.